The first-order valence-corrected chi connectivity index (χ1v) is 7.35. The summed E-state index contributed by atoms with van der Waals surface area (Å²) < 4.78 is 13.8. The maximum absolute atomic E-state index is 13.4. The molecule has 1 aromatic carbocycles. The predicted octanol–water partition coefficient (Wildman–Crippen LogP) is 4.94. The van der Waals surface area contributed by atoms with E-state index < -0.39 is 0 Å². The van der Waals surface area contributed by atoms with E-state index in [0.29, 0.717) is 21.9 Å². The van der Waals surface area contributed by atoms with Crippen molar-refractivity contribution >= 4 is 27.3 Å². The molecule has 0 fully saturated rings. The Balaban J connectivity index is 2.48. The van der Waals surface area contributed by atoms with Crippen LogP contribution in [-0.4, -0.2) is 6.04 Å². The molecule has 0 aromatic heterocycles. The molecule has 0 aliphatic heterocycles. The fraction of sp³-hybridized carbons (Fsp3) is 0.571. The SMILES string of the molecule is CCCCCCC(C)Nc1cc(F)c(Br)cc1N. The van der Waals surface area contributed by atoms with Gasteiger partial charge < -0.3 is 11.1 Å². The number of halogens is 2. The quantitative estimate of drug-likeness (QED) is 0.552. The van der Waals surface area contributed by atoms with Crippen LogP contribution in [0.2, 0.25) is 0 Å². The van der Waals surface area contributed by atoms with Gasteiger partial charge in [-0.15, -0.1) is 0 Å². The largest absolute Gasteiger partial charge is 0.397 e. The van der Waals surface area contributed by atoms with Gasteiger partial charge in [0.1, 0.15) is 5.82 Å². The van der Waals surface area contributed by atoms with Crippen LogP contribution < -0.4 is 11.1 Å². The molecule has 0 bridgehead atoms. The molecule has 0 heterocycles. The van der Waals surface area contributed by atoms with Crippen molar-refractivity contribution in [2.75, 3.05) is 11.1 Å². The summed E-state index contributed by atoms with van der Waals surface area (Å²) in [6.07, 6.45) is 6.05. The van der Waals surface area contributed by atoms with E-state index in [1.165, 1.54) is 31.7 Å². The van der Waals surface area contributed by atoms with Crippen LogP contribution in [-0.2, 0) is 0 Å². The first kappa shape index (κ1) is 15.3. The number of nitrogens with two attached hydrogens (primary N) is 1. The molecular formula is C14H22BrFN2. The summed E-state index contributed by atoms with van der Waals surface area (Å²) in [7, 11) is 0. The Morgan fingerprint density at radius 2 is 2.06 bits per heavy atom. The molecule has 18 heavy (non-hydrogen) atoms. The summed E-state index contributed by atoms with van der Waals surface area (Å²) in [6.45, 7) is 4.30. The van der Waals surface area contributed by atoms with Crippen LogP contribution in [0.5, 0.6) is 0 Å². The lowest BCUT2D eigenvalue weighted by atomic mass is 10.1. The average Bonchev–Trinajstić information content (AvgIpc) is 2.32. The molecule has 1 aromatic rings. The molecule has 1 atom stereocenters. The Labute approximate surface area is 117 Å². The number of rotatable bonds is 7. The van der Waals surface area contributed by atoms with Crippen LogP contribution in [0, 0.1) is 5.82 Å². The normalized spacial score (nSPS) is 12.4. The predicted molar refractivity (Wildman–Crippen MR) is 80.4 cm³/mol. The second-order valence-electron chi connectivity index (χ2n) is 4.75. The average molecular weight is 317 g/mol. The van der Waals surface area contributed by atoms with Crippen LogP contribution >= 0.6 is 15.9 Å². The van der Waals surface area contributed by atoms with Gasteiger partial charge in [0.15, 0.2) is 0 Å². The highest BCUT2D eigenvalue weighted by Crippen LogP contribution is 2.27. The van der Waals surface area contributed by atoms with Crippen LogP contribution in [0.3, 0.4) is 0 Å². The van der Waals surface area contributed by atoms with Crippen molar-refractivity contribution in [1.29, 1.82) is 0 Å². The molecule has 1 unspecified atom stereocenters. The Morgan fingerprint density at radius 1 is 1.33 bits per heavy atom. The van der Waals surface area contributed by atoms with Crippen molar-refractivity contribution in [1.82, 2.24) is 0 Å². The maximum atomic E-state index is 13.4. The van der Waals surface area contributed by atoms with Gasteiger partial charge in [0.05, 0.1) is 15.8 Å². The van der Waals surface area contributed by atoms with Gasteiger partial charge in [-0.2, -0.15) is 0 Å². The third-order valence-corrected chi connectivity index (χ3v) is 3.59. The van der Waals surface area contributed by atoms with Gasteiger partial charge in [0.2, 0.25) is 0 Å². The highest BCUT2D eigenvalue weighted by molar-refractivity contribution is 9.10. The summed E-state index contributed by atoms with van der Waals surface area (Å²) in [4.78, 5) is 0. The number of unbranched alkanes of at least 4 members (excludes halogenated alkanes) is 3. The van der Waals surface area contributed by atoms with E-state index in [9.17, 15) is 4.39 Å². The lowest BCUT2D eigenvalue weighted by molar-refractivity contribution is 0.592. The van der Waals surface area contributed by atoms with Gasteiger partial charge in [-0.1, -0.05) is 32.6 Å². The minimum absolute atomic E-state index is 0.287. The fourth-order valence-electron chi connectivity index (χ4n) is 1.90. The molecule has 4 heteroatoms. The highest BCUT2D eigenvalue weighted by Gasteiger charge is 2.08. The van der Waals surface area contributed by atoms with Gasteiger partial charge in [0, 0.05) is 12.1 Å². The smallest absolute Gasteiger partial charge is 0.139 e. The van der Waals surface area contributed by atoms with Crippen LogP contribution in [0.1, 0.15) is 46.0 Å². The van der Waals surface area contributed by atoms with Crippen molar-refractivity contribution < 1.29 is 4.39 Å². The zero-order valence-corrected chi connectivity index (χ0v) is 12.7. The van der Waals surface area contributed by atoms with Crippen LogP contribution in [0.25, 0.3) is 0 Å². The molecule has 0 radical (unpaired) electrons. The van der Waals surface area contributed by atoms with Gasteiger partial charge in [-0.3, -0.25) is 0 Å². The molecular weight excluding hydrogens is 295 g/mol. The lowest BCUT2D eigenvalue weighted by Gasteiger charge is -2.17. The van der Waals surface area contributed by atoms with Crippen molar-refractivity contribution in [3.63, 3.8) is 0 Å². The molecule has 102 valence electrons. The standard InChI is InChI=1S/C14H22BrFN2/c1-3-4-5-6-7-10(2)18-14-9-12(16)11(15)8-13(14)17/h8-10,18H,3-7,17H2,1-2H3. The Hall–Kier alpha value is -0.770. The first-order valence-electron chi connectivity index (χ1n) is 6.55. The van der Waals surface area contributed by atoms with Gasteiger partial charge in [-0.05, 0) is 35.3 Å². The molecule has 0 spiro atoms. The zero-order chi connectivity index (χ0) is 13.5. The second kappa shape index (κ2) is 7.62. The number of hydrogen-bond acceptors (Lipinski definition) is 2. The molecule has 0 amide bonds. The number of nitrogens with one attached hydrogen (secondary N) is 1. The van der Waals surface area contributed by atoms with E-state index in [0.717, 1.165) is 6.42 Å². The second-order valence-corrected chi connectivity index (χ2v) is 5.60. The zero-order valence-electron chi connectivity index (χ0n) is 11.1. The fourth-order valence-corrected chi connectivity index (χ4v) is 2.26. The summed E-state index contributed by atoms with van der Waals surface area (Å²) in [5, 5.41) is 3.27. The lowest BCUT2D eigenvalue weighted by Crippen LogP contribution is -2.16. The first-order chi connectivity index (χ1) is 8.54. The van der Waals surface area contributed by atoms with E-state index in [2.05, 4.69) is 35.1 Å². The highest BCUT2D eigenvalue weighted by atomic mass is 79.9. The van der Waals surface area contributed by atoms with Crippen LogP contribution in [0.4, 0.5) is 15.8 Å². The third kappa shape index (κ3) is 4.84. The van der Waals surface area contributed by atoms with Crippen molar-refractivity contribution in [3.05, 3.63) is 22.4 Å². The molecule has 2 nitrogen and oxygen atoms in total. The summed E-state index contributed by atoms with van der Waals surface area (Å²) in [5.74, 6) is -0.287. The van der Waals surface area contributed by atoms with Gasteiger partial charge in [-0.25, -0.2) is 4.39 Å². The molecule has 0 saturated carbocycles. The Morgan fingerprint density at radius 3 is 2.72 bits per heavy atom. The molecule has 0 aliphatic carbocycles. The van der Waals surface area contributed by atoms with Crippen LogP contribution in [0.15, 0.2) is 16.6 Å². The van der Waals surface area contributed by atoms with Gasteiger partial charge >= 0.3 is 0 Å². The van der Waals surface area contributed by atoms with Crippen molar-refractivity contribution in [2.24, 2.45) is 0 Å². The summed E-state index contributed by atoms with van der Waals surface area (Å²) >= 11 is 3.12. The van der Waals surface area contributed by atoms with Crippen molar-refractivity contribution in [2.45, 2.75) is 52.0 Å². The molecule has 0 saturated heterocycles. The van der Waals surface area contributed by atoms with Gasteiger partial charge in [0.25, 0.3) is 0 Å². The number of nitrogen functional groups attached to an aromatic ring is 1. The van der Waals surface area contributed by atoms with Crippen molar-refractivity contribution in [3.8, 4) is 0 Å². The maximum Gasteiger partial charge on any atom is 0.139 e. The van der Waals surface area contributed by atoms with E-state index >= 15 is 0 Å². The summed E-state index contributed by atoms with van der Waals surface area (Å²) in [6, 6.07) is 3.36. The molecule has 0 aliphatic rings. The molecule has 3 N–H and O–H groups in total. The Bertz CT molecular complexity index is 382. The van der Waals surface area contributed by atoms with E-state index in [1.54, 1.807) is 6.07 Å². The minimum Gasteiger partial charge on any atom is -0.397 e. The number of anilines is 2. The topological polar surface area (TPSA) is 38.0 Å². The minimum atomic E-state index is -0.287. The Kier molecular flexibility index (Phi) is 6.47. The number of hydrogen-bond donors (Lipinski definition) is 2. The molecule has 1 rings (SSSR count). The van der Waals surface area contributed by atoms with E-state index in [4.69, 9.17) is 5.73 Å². The third-order valence-electron chi connectivity index (χ3n) is 2.99. The van der Waals surface area contributed by atoms with E-state index in [-0.39, 0.29) is 5.82 Å². The summed E-state index contributed by atoms with van der Waals surface area (Å²) in [5.41, 5.74) is 7.11. The number of benzene rings is 1. The van der Waals surface area contributed by atoms with E-state index in [1.807, 2.05) is 0 Å². The monoisotopic (exact) mass is 316 g/mol.